The van der Waals surface area contributed by atoms with Crippen molar-refractivity contribution in [3.05, 3.63) is 40.2 Å². The lowest BCUT2D eigenvalue weighted by atomic mass is 9.93. The molecule has 0 saturated heterocycles. The van der Waals surface area contributed by atoms with Gasteiger partial charge in [-0.25, -0.2) is 0 Å². The van der Waals surface area contributed by atoms with Crippen LogP contribution >= 0.6 is 11.6 Å². The molecule has 1 unspecified atom stereocenters. The summed E-state index contributed by atoms with van der Waals surface area (Å²) in [6.45, 7) is 1.94. The molecule has 0 amide bonds. The van der Waals surface area contributed by atoms with Gasteiger partial charge < -0.3 is 19.8 Å². The average molecular weight is 298 g/mol. The SMILES string of the molecule is CCOC(=O)CC1=C(O)N(C)c2cccc(Cl)c2C1O. The van der Waals surface area contributed by atoms with Gasteiger partial charge in [-0.2, -0.15) is 0 Å². The number of nitrogens with zero attached hydrogens (tertiary/aromatic N) is 1. The first kappa shape index (κ1) is 14.7. The smallest absolute Gasteiger partial charge is 0.310 e. The second kappa shape index (κ2) is 5.73. The number of hydrogen-bond acceptors (Lipinski definition) is 5. The minimum Gasteiger partial charge on any atom is -0.494 e. The van der Waals surface area contributed by atoms with Gasteiger partial charge >= 0.3 is 5.97 Å². The summed E-state index contributed by atoms with van der Waals surface area (Å²) in [4.78, 5) is 13.1. The van der Waals surface area contributed by atoms with Crippen LogP contribution in [-0.4, -0.2) is 29.8 Å². The van der Waals surface area contributed by atoms with Crippen molar-refractivity contribution in [3.8, 4) is 0 Å². The lowest BCUT2D eigenvalue weighted by Gasteiger charge is -2.32. The van der Waals surface area contributed by atoms with Gasteiger partial charge in [0.1, 0.15) is 6.10 Å². The van der Waals surface area contributed by atoms with Gasteiger partial charge in [-0.15, -0.1) is 0 Å². The lowest BCUT2D eigenvalue weighted by Crippen LogP contribution is -2.28. The molecule has 0 spiro atoms. The molecule has 108 valence electrons. The molecule has 1 aliphatic heterocycles. The van der Waals surface area contributed by atoms with Gasteiger partial charge in [0.25, 0.3) is 0 Å². The van der Waals surface area contributed by atoms with Crippen LogP contribution in [0.15, 0.2) is 29.7 Å². The zero-order valence-corrected chi connectivity index (χ0v) is 12.0. The third kappa shape index (κ3) is 2.46. The van der Waals surface area contributed by atoms with E-state index in [1.54, 1.807) is 32.2 Å². The van der Waals surface area contributed by atoms with Crippen molar-refractivity contribution < 1.29 is 19.7 Å². The molecule has 0 fully saturated rings. The number of rotatable bonds is 3. The molecule has 20 heavy (non-hydrogen) atoms. The van der Waals surface area contributed by atoms with Crippen molar-refractivity contribution in [2.75, 3.05) is 18.6 Å². The molecule has 0 bridgehead atoms. The molecule has 0 saturated carbocycles. The van der Waals surface area contributed by atoms with E-state index in [0.717, 1.165) is 0 Å². The highest BCUT2D eigenvalue weighted by Gasteiger charge is 2.32. The van der Waals surface area contributed by atoms with Gasteiger partial charge in [-0.1, -0.05) is 17.7 Å². The van der Waals surface area contributed by atoms with E-state index in [9.17, 15) is 15.0 Å². The minimum absolute atomic E-state index is 0.152. The minimum atomic E-state index is -1.13. The molecule has 0 aromatic heterocycles. The summed E-state index contributed by atoms with van der Waals surface area (Å²) in [6.07, 6.45) is -1.31. The Balaban J connectivity index is 2.41. The van der Waals surface area contributed by atoms with Crippen molar-refractivity contribution in [3.63, 3.8) is 0 Å². The van der Waals surface area contributed by atoms with E-state index in [1.165, 1.54) is 4.90 Å². The largest absolute Gasteiger partial charge is 0.494 e. The Morgan fingerprint density at radius 3 is 2.85 bits per heavy atom. The standard InChI is InChI=1S/C14H16ClNO4/c1-3-20-11(17)7-8-13(18)12-9(15)5-4-6-10(12)16(2)14(8)19/h4-6,13,18-19H,3,7H2,1-2H3. The zero-order chi connectivity index (χ0) is 14.9. The number of aliphatic hydroxyl groups excluding tert-OH is 2. The Hall–Kier alpha value is -1.72. The van der Waals surface area contributed by atoms with Crippen molar-refractivity contribution in [1.82, 2.24) is 0 Å². The van der Waals surface area contributed by atoms with Crippen LogP contribution in [0.5, 0.6) is 0 Å². The Morgan fingerprint density at radius 2 is 2.20 bits per heavy atom. The van der Waals surface area contributed by atoms with E-state index >= 15 is 0 Å². The number of esters is 1. The lowest BCUT2D eigenvalue weighted by molar-refractivity contribution is -0.142. The van der Waals surface area contributed by atoms with Crippen LogP contribution < -0.4 is 4.90 Å². The van der Waals surface area contributed by atoms with E-state index in [1.807, 2.05) is 0 Å². The molecule has 1 heterocycles. The van der Waals surface area contributed by atoms with Crippen LogP contribution in [0.2, 0.25) is 5.02 Å². The van der Waals surface area contributed by atoms with Gasteiger partial charge in [0.2, 0.25) is 0 Å². The van der Waals surface area contributed by atoms with Crippen molar-refractivity contribution in [1.29, 1.82) is 0 Å². The fraction of sp³-hybridized carbons (Fsp3) is 0.357. The van der Waals surface area contributed by atoms with E-state index in [4.69, 9.17) is 16.3 Å². The quantitative estimate of drug-likeness (QED) is 0.839. The third-order valence-corrected chi connectivity index (χ3v) is 3.57. The molecular weight excluding hydrogens is 282 g/mol. The molecule has 1 aromatic rings. The molecule has 1 atom stereocenters. The molecule has 1 aromatic carbocycles. The van der Waals surface area contributed by atoms with Crippen LogP contribution in [0.1, 0.15) is 25.0 Å². The van der Waals surface area contributed by atoms with Crippen molar-refractivity contribution >= 4 is 23.3 Å². The second-order valence-electron chi connectivity index (χ2n) is 4.46. The predicted octanol–water partition coefficient (Wildman–Crippen LogP) is 2.55. The second-order valence-corrected chi connectivity index (χ2v) is 4.87. The van der Waals surface area contributed by atoms with Gasteiger partial charge in [0, 0.05) is 23.2 Å². The first-order chi connectivity index (χ1) is 9.47. The van der Waals surface area contributed by atoms with Crippen LogP contribution in [0.4, 0.5) is 5.69 Å². The Labute approximate surface area is 122 Å². The fourth-order valence-electron chi connectivity index (χ4n) is 2.26. The molecular formula is C14H16ClNO4. The highest BCUT2D eigenvalue weighted by Crippen LogP contribution is 2.42. The maximum atomic E-state index is 11.6. The van der Waals surface area contributed by atoms with Gasteiger partial charge in [-0.05, 0) is 19.1 Å². The first-order valence-electron chi connectivity index (χ1n) is 6.25. The summed E-state index contributed by atoms with van der Waals surface area (Å²) in [5.41, 5.74) is 1.27. The zero-order valence-electron chi connectivity index (χ0n) is 11.3. The average Bonchev–Trinajstić information content (AvgIpc) is 2.41. The Bertz CT molecular complexity index is 570. The maximum absolute atomic E-state index is 11.6. The third-order valence-electron chi connectivity index (χ3n) is 3.24. The number of benzene rings is 1. The van der Waals surface area contributed by atoms with E-state index < -0.39 is 12.1 Å². The fourth-order valence-corrected chi connectivity index (χ4v) is 2.53. The van der Waals surface area contributed by atoms with Crippen LogP contribution in [0.25, 0.3) is 0 Å². The number of fused-ring (bicyclic) bond motifs is 1. The molecule has 5 nitrogen and oxygen atoms in total. The number of ether oxygens (including phenoxy) is 1. The van der Waals surface area contributed by atoms with E-state index in [2.05, 4.69) is 0 Å². The molecule has 2 rings (SSSR count). The highest BCUT2D eigenvalue weighted by molar-refractivity contribution is 6.32. The molecule has 0 radical (unpaired) electrons. The van der Waals surface area contributed by atoms with Crippen molar-refractivity contribution in [2.45, 2.75) is 19.4 Å². The monoisotopic (exact) mass is 297 g/mol. The Morgan fingerprint density at radius 1 is 1.50 bits per heavy atom. The summed E-state index contributed by atoms with van der Waals surface area (Å²) < 4.78 is 4.85. The summed E-state index contributed by atoms with van der Waals surface area (Å²) in [6, 6.07) is 5.12. The summed E-state index contributed by atoms with van der Waals surface area (Å²) >= 11 is 6.11. The highest BCUT2D eigenvalue weighted by atomic mass is 35.5. The molecule has 1 aliphatic rings. The number of halogens is 1. The van der Waals surface area contributed by atoms with Gasteiger partial charge in [0.05, 0.1) is 18.7 Å². The van der Waals surface area contributed by atoms with Crippen LogP contribution in [0, 0.1) is 0 Å². The summed E-state index contributed by atoms with van der Waals surface area (Å²) in [7, 11) is 1.64. The number of anilines is 1. The van der Waals surface area contributed by atoms with Gasteiger partial charge in [0.15, 0.2) is 5.88 Å². The van der Waals surface area contributed by atoms with E-state index in [0.29, 0.717) is 16.3 Å². The summed E-state index contributed by atoms with van der Waals surface area (Å²) in [5.74, 6) is -0.655. The molecule has 6 heteroatoms. The number of hydrogen-bond donors (Lipinski definition) is 2. The summed E-state index contributed by atoms with van der Waals surface area (Å²) in [5, 5.41) is 20.9. The number of carbonyl (C=O) groups is 1. The normalized spacial score (nSPS) is 18.0. The first-order valence-corrected chi connectivity index (χ1v) is 6.63. The maximum Gasteiger partial charge on any atom is 0.310 e. The topological polar surface area (TPSA) is 70.0 Å². The Kier molecular flexibility index (Phi) is 4.20. The van der Waals surface area contributed by atoms with E-state index in [-0.39, 0.29) is 24.5 Å². The van der Waals surface area contributed by atoms with Crippen LogP contribution in [0.3, 0.4) is 0 Å². The number of aliphatic hydroxyl groups is 2. The van der Waals surface area contributed by atoms with Crippen LogP contribution in [-0.2, 0) is 9.53 Å². The molecule has 0 aliphatic carbocycles. The predicted molar refractivity (Wildman–Crippen MR) is 75.7 cm³/mol. The van der Waals surface area contributed by atoms with Crippen molar-refractivity contribution in [2.24, 2.45) is 0 Å². The molecule has 2 N–H and O–H groups in total. The number of carbonyl (C=O) groups excluding carboxylic acids is 1. The van der Waals surface area contributed by atoms with Gasteiger partial charge in [-0.3, -0.25) is 4.79 Å².